The van der Waals surface area contributed by atoms with Crippen molar-refractivity contribution in [1.29, 1.82) is 0 Å². The lowest BCUT2D eigenvalue weighted by molar-refractivity contribution is -0.139. The number of methoxy groups -OCH3 is 1. The third-order valence-corrected chi connectivity index (χ3v) is 3.66. The molecular weight excluding hydrogens is 317 g/mol. The minimum Gasteiger partial charge on any atom is -0.383 e. The van der Waals surface area contributed by atoms with Crippen molar-refractivity contribution in [3.63, 3.8) is 0 Å². The van der Waals surface area contributed by atoms with E-state index in [2.05, 4.69) is 5.32 Å². The predicted octanol–water partition coefficient (Wildman–Crippen LogP) is -0.127. The molecule has 130 valence electrons. The summed E-state index contributed by atoms with van der Waals surface area (Å²) in [6.07, 6.45) is 0. The van der Waals surface area contributed by atoms with Crippen LogP contribution in [-0.2, 0) is 14.3 Å². The van der Waals surface area contributed by atoms with Gasteiger partial charge in [0.1, 0.15) is 12.4 Å². The molecule has 0 atom stereocenters. The molecule has 7 nitrogen and oxygen atoms in total. The summed E-state index contributed by atoms with van der Waals surface area (Å²) < 4.78 is 17.7. The quantitative estimate of drug-likeness (QED) is 0.734. The zero-order valence-corrected chi connectivity index (χ0v) is 13.5. The maximum absolute atomic E-state index is 12.9. The average molecular weight is 337 g/mol. The Hall–Kier alpha value is -2.48. The van der Waals surface area contributed by atoms with E-state index in [1.54, 1.807) is 0 Å². The highest BCUT2D eigenvalue weighted by molar-refractivity contribution is 5.97. The number of piperazine rings is 1. The van der Waals surface area contributed by atoms with Gasteiger partial charge in [0.2, 0.25) is 11.8 Å². The summed E-state index contributed by atoms with van der Waals surface area (Å²) in [5, 5.41) is 2.64. The second-order valence-corrected chi connectivity index (χ2v) is 5.39. The predicted molar refractivity (Wildman–Crippen MR) is 83.8 cm³/mol. The van der Waals surface area contributed by atoms with Gasteiger partial charge in [0.05, 0.1) is 13.2 Å². The van der Waals surface area contributed by atoms with Gasteiger partial charge in [-0.15, -0.1) is 0 Å². The smallest absolute Gasteiger partial charge is 0.254 e. The average Bonchev–Trinajstić information content (AvgIpc) is 2.57. The van der Waals surface area contributed by atoms with Gasteiger partial charge >= 0.3 is 0 Å². The highest BCUT2D eigenvalue weighted by Gasteiger charge is 2.28. The molecule has 8 heteroatoms. The van der Waals surface area contributed by atoms with E-state index in [4.69, 9.17) is 4.74 Å². The number of carbonyl (C=O) groups excluding carboxylic acids is 3. The molecule has 1 aliphatic rings. The van der Waals surface area contributed by atoms with Crippen LogP contribution in [0.25, 0.3) is 0 Å². The van der Waals surface area contributed by atoms with Crippen LogP contribution < -0.4 is 5.32 Å². The Bertz CT molecular complexity index is 606. The van der Waals surface area contributed by atoms with E-state index < -0.39 is 5.82 Å². The number of nitrogens with zero attached hydrogens (tertiary/aromatic N) is 2. The molecular formula is C16H20FN3O4. The summed E-state index contributed by atoms with van der Waals surface area (Å²) in [5.74, 6) is -1.31. The van der Waals surface area contributed by atoms with Gasteiger partial charge in [-0.25, -0.2) is 4.39 Å². The monoisotopic (exact) mass is 337 g/mol. The molecule has 1 heterocycles. The zero-order chi connectivity index (χ0) is 17.5. The first-order valence-corrected chi connectivity index (χ1v) is 7.59. The van der Waals surface area contributed by atoms with Crippen LogP contribution in [0.3, 0.4) is 0 Å². The van der Waals surface area contributed by atoms with E-state index in [-0.39, 0.29) is 37.4 Å². The van der Waals surface area contributed by atoms with Crippen LogP contribution >= 0.6 is 0 Å². The lowest BCUT2D eigenvalue weighted by Crippen LogP contribution is -2.54. The normalized spacial score (nSPS) is 14.7. The topological polar surface area (TPSA) is 79.0 Å². The molecule has 1 saturated heterocycles. The second kappa shape index (κ2) is 8.39. The lowest BCUT2D eigenvalue weighted by atomic mass is 10.1. The molecule has 1 aromatic rings. The van der Waals surface area contributed by atoms with Gasteiger partial charge in [0, 0.05) is 32.3 Å². The number of amides is 3. The fourth-order valence-corrected chi connectivity index (χ4v) is 2.35. The first kappa shape index (κ1) is 17.9. The molecule has 1 fully saturated rings. The zero-order valence-electron chi connectivity index (χ0n) is 13.5. The first-order chi connectivity index (χ1) is 11.5. The molecule has 24 heavy (non-hydrogen) atoms. The van der Waals surface area contributed by atoms with E-state index in [9.17, 15) is 18.8 Å². The van der Waals surface area contributed by atoms with Gasteiger partial charge < -0.3 is 19.9 Å². The molecule has 1 aliphatic heterocycles. The number of carbonyl (C=O) groups is 3. The van der Waals surface area contributed by atoms with Gasteiger partial charge in [0.15, 0.2) is 0 Å². The van der Waals surface area contributed by atoms with Crippen LogP contribution in [0.5, 0.6) is 0 Å². The number of rotatable bonds is 6. The summed E-state index contributed by atoms with van der Waals surface area (Å²) in [7, 11) is 1.53. The molecule has 3 amide bonds. The van der Waals surface area contributed by atoms with Crippen LogP contribution in [0.15, 0.2) is 24.3 Å². The fourth-order valence-electron chi connectivity index (χ4n) is 2.35. The third-order valence-electron chi connectivity index (χ3n) is 3.66. The van der Waals surface area contributed by atoms with E-state index >= 15 is 0 Å². The van der Waals surface area contributed by atoms with Crippen molar-refractivity contribution < 1.29 is 23.5 Å². The summed E-state index contributed by atoms with van der Waals surface area (Å²) in [6.45, 7) is 1.26. The molecule has 1 N–H and O–H groups in total. The Morgan fingerprint density at radius 2 is 1.96 bits per heavy atom. The van der Waals surface area contributed by atoms with Crippen molar-refractivity contribution in [3.05, 3.63) is 35.6 Å². The Labute approximate surface area is 139 Å². The van der Waals surface area contributed by atoms with Crippen molar-refractivity contribution in [3.8, 4) is 0 Å². The highest BCUT2D eigenvalue weighted by Crippen LogP contribution is 2.10. The molecule has 0 unspecified atom stereocenters. The highest BCUT2D eigenvalue weighted by atomic mass is 19.1. The van der Waals surface area contributed by atoms with Crippen LogP contribution in [0, 0.1) is 5.82 Å². The summed E-state index contributed by atoms with van der Waals surface area (Å²) >= 11 is 0. The molecule has 0 saturated carbocycles. The SMILES string of the molecule is COCCNC(=O)CN1CCN(C(=O)c2ccc(F)cc2)CC1=O. The Morgan fingerprint density at radius 1 is 1.25 bits per heavy atom. The minimum atomic E-state index is -0.424. The molecule has 0 bridgehead atoms. The van der Waals surface area contributed by atoms with Crippen LogP contribution in [0.4, 0.5) is 4.39 Å². The van der Waals surface area contributed by atoms with Crippen molar-refractivity contribution in [2.75, 3.05) is 46.4 Å². The van der Waals surface area contributed by atoms with Crippen LogP contribution in [0.1, 0.15) is 10.4 Å². The van der Waals surface area contributed by atoms with Crippen molar-refractivity contribution in [1.82, 2.24) is 15.1 Å². The van der Waals surface area contributed by atoms with Crippen molar-refractivity contribution in [2.24, 2.45) is 0 Å². The first-order valence-electron chi connectivity index (χ1n) is 7.59. The lowest BCUT2D eigenvalue weighted by Gasteiger charge is -2.34. The van der Waals surface area contributed by atoms with Crippen LogP contribution in [-0.4, -0.2) is 74.0 Å². The van der Waals surface area contributed by atoms with Crippen molar-refractivity contribution in [2.45, 2.75) is 0 Å². The summed E-state index contributed by atoms with van der Waals surface area (Å²) in [5.41, 5.74) is 0.329. The summed E-state index contributed by atoms with van der Waals surface area (Å²) in [4.78, 5) is 39.0. The maximum atomic E-state index is 12.9. The minimum absolute atomic E-state index is 0.0405. The fraction of sp³-hybridized carbons (Fsp3) is 0.438. The molecule has 0 aliphatic carbocycles. The van der Waals surface area contributed by atoms with Gasteiger partial charge in [-0.2, -0.15) is 0 Å². The largest absolute Gasteiger partial charge is 0.383 e. The molecule has 0 radical (unpaired) electrons. The Kier molecular flexibility index (Phi) is 6.25. The Balaban J connectivity index is 1.86. The van der Waals surface area contributed by atoms with E-state index in [0.717, 1.165) is 0 Å². The number of nitrogens with one attached hydrogen (secondary N) is 1. The standard InChI is InChI=1S/C16H20FN3O4/c1-24-9-6-18-14(21)10-19-7-8-20(11-15(19)22)16(23)12-2-4-13(17)5-3-12/h2-5H,6-11H2,1H3,(H,18,21). The molecule has 0 spiro atoms. The number of ether oxygens (including phenoxy) is 1. The van der Waals surface area contributed by atoms with E-state index in [1.165, 1.54) is 41.2 Å². The number of benzene rings is 1. The molecule has 0 aromatic heterocycles. The van der Waals surface area contributed by atoms with E-state index in [0.29, 0.717) is 25.3 Å². The van der Waals surface area contributed by atoms with Crippen molar-refractivity contribution >= 4 is 17.7 Å². The Morgan fingerprint density at radius 3 is 2.58 bits per heavy atom. The number of hydrogen-bond donors (Lipinski definition) is 1. The van der Waals surface area contributed by atoms with Crippen LogP contribution in [0.2, 0.25) is 0 Å². The van der Waals surface area contributed by atoms with Gasteiger partial charge in [-0.05, 0) is 24.3 Å². The van der Waals surface area contributed by atoms with Gasteiger partial charge in [-0.1, -0.05) is 0 Å². The maximum Gasteiger partial charge on any atom is 0.254 e. The molecule has 1 aromatic carbocycles. The van der Waals surface area contributed by atoms with Gasteiger partial charge in [-0.3, -0.25) is 14.4 Å². The number of hydrogen-bond acceptors (Lipinski definition) is 4. The number of halogens is 1. The second-order valence-electron chi connectivity index (χ2n) is 5.39. The third kappa shape index (κ3) is 4.76. The summed E-state index contributed by atoms with van der Waals surface area (Å²) in [6, 6.07) is 5.18. The van der Waals surface area contributed by atoms with Gasteiger partial charge in [0.25, 0.3) is 5.91 Å². The molecule has 2 rings (SSSR count). The van der Waals surface area contributed by atoms with E-state index in [1.807, 2.05) is 0 Å².